The second kappa shape index (κ2) is 2.41. The number of fused-ring (bicyclic) bond motifs is 1. The van der Waals surface area contributed by atoms with Crippen molar-refractivity contribution in [1.82, 2.24) is 4.90 Å². The summed E-state index contributed by atoms with van der Waals surface area (Å²) in [6, 6.07) is 0. The minimum absolute atomic E-state index is 0.303. The summed E-state index contributed by atoms with van der Waals surface area (Å²) >= 11 is 0. The summed E-state index contributed by atoms with van der Waals surface area (Å²) < 4.78 is 30.5. The van der Waals surface area contributed by atoms with Crippen LogP contribution < -0.4 is 0 Å². The molecule has 2 heterocycles. The van der Waals surface area contributed by atoms with Crippen molar-refractivity contribution in [2.75, 3.05) is 20.2 Å². The fraction of sp³-hybridized carbons (Fsp3) is 0.875. The second-order valence-corrected chi connectivity index (χ2v) is 3.73. The quantitative estimate of drug-likeness (QED) is 0.570. The molecule has 0 aromatic heterocycles. The van der Waals surface area contributed by atoms with Crippen LogP contribution >= 0.6 is 0 Å². The molecule has 0 aromatic rings. The van der Waals surface area contributed by atoms with E-state index in [1.54, 1.807) is 0 Å². The maximum Gasteiger partial charge on any atom is 0.326 e. The summed E-state index contributed by atoms with van der Waals surface area (Å²) in [7, 11) is 1.24. The van der Waals surface area contributed by atoms with Crippen LogP contribution in [-0.4, -0.2) is 42.5 Å². The highest BCUT2D eigenvalue weighted by atomic mass is 19.3. The highest BCUT2D eigenvalue weighted by Gasteiger charge is 2.64. The number of hydrogen-bond acceptors (Lipinski definition) is 3. The van der Waals surface area contributed by atoms with E-state index in [1.165, 1.54) is 12.0 Å². The van der Waals surface area contributed by atoms with Gasteiger partial charge in [0.2, 0.25) is 0 Å². The van der Waals surface area contributed by atoms with Gasteiger partial charge in [-0.2, -0.15) is 0 Å². The Balaban J connectivity index is 2.21. The predicted octanol–water partition coefficient (Wildman–Crippen LogP) is 0.643. The van der Waals surface area contributed by atoms with Crippen molar-refractivity contribution in [3.63, 3.8) is 0 Å². The number of carbonyl (C=O) groups excluding carboxylic acids is 1. The molecule has 2 aliphatic heterocycles. The standard InChI is InChI=1S/C8H11F2NO2/c1-13-6(12)7-2-3-11(7)5-8(9,10)4-7/h2-5H2,1H3. The summed E-state index contributed by atoms with van der Waals surface area (Å²) in [6.07, 6.45) is 0.113. The number of rotatable bonds is 1. The molecule has 2 rings (SSSR count). The van der Waals surface area contributed by atoms with E-state index < -0.39 is 17.4 Å². The van der Waals surface area contributed by atoms with Crippen LogP contribution in [0.3, 0.4) is 0 Å². The van der Waals surface area contributed by atoms with E-state index in [1.807, 2.05) is 0 Å². The molecule has 0 aromatic carbocycles. The third kappa shape index (κ3) is 1.06. The molecule has 3 nitrogen and oxygen atoms in total. The first-order valence-corrected chi connectivity index (χ1v) is 4.21. The van der Waals surface area contributed by atoms with Gasteiger partial charge in [-0.1, -0.05) is 0 Å². The molecule has 2 saturated heterocycles. The largest absolute Gasteiger partial charge is 0.468 e. The van der Waals surface area contributed by atoms with Crippen LogP contribution in [0.5, 0.6) is 0 Å². The molecule has 0 spiro atoms. The van der Waals surface area contributed by atoms with Crippen LogP contribution in [0.25, 0.3) is 0 Å². The number of alkyl halides is 2. The first-order chi connectivity index (χ1) is 6.00. The van der Waals surface area contributed by atoms with E-state index in [2.05, 4.69) is 4.74 Å². The topological polar surface area (TPSA) is 29.5 Å². The first-order valence-electron chi connectivity index (χ1n) is 4.21. The Morgan fingerprint density at radius 2 is 2.23 bits per heavy atom. The third-order valence-corrected chi connectivity index (χ3v) is 2.94. The maximum atomic E-state index is 13.0. The molecule has 0 radical (unpaired) electrons. The molecule has 0 aliphatic carbocycles. The Bertz CT molecular complexity index is 257. The van der Waals surface area contributed by atoms with Crippen LogP contribution in [0.4, 0.5) is 8.78 Å². The molecule has 0 amide bonds. The van der Waals surface area contributed by atoms with Crippen LogP contribution in [-0.2, 0) is 9.53 Å². The summed E-state index contributed by atoms with van der Waals surface area (Å²) in [5, 5.41) is 0. The van der Waals surface area contributed by atoms with Gasteiger partial charge in [-0.3, -0.25) is 9.69 Å². The van der Waals surface area contributed by atoms with E-state index in [-0.39, 0.29) is 13.0 Å². The number of ether oxygens (including phenoxy) is 1. The van der Waals surface area contributed by atoms with Gasteiger partial charge in [0.25, 0.3) is 5.92 Å². The summed E-state index contributed by atoms with van der Waals surface area (Å²) in [4.78, 5) is 12.8. The molecule has 2 fully saturated rings. The van der Waals surface area contributed by atoms with E-state index >= 15 is 0 Å². The van der Waals surface area contributed by atoms with Crippen LogP contribution in [0.15, 0.2) is 0 Å². The van der Waals surface area contributed by atoms with Crippen molar-refractivity contribution < 1.29 is 18.3 Å². The predicted molar refractivity (Wildman–Crippen MR) is 40.5 cm³/mol. The van der Waals surface area contributed by atoms with Crippen LogP contribution in [0.1, 0.15) is 12.8 Å². The zero-order chi connectivity index (χ0) is 9.69. The lowest BCUT2D eigenvalue weighted by Crippen LogP contribution is -2.61. The number of halogens is 2. The molecule has 0 N–H and O–H groups in total. The highest BCUT2D eigenvalue weighted by molar-refractivity contribution is 5.82. The molecule has 1 unspecified atom stereocenters. The minimum atomic E-state index is -2.73. The van der Waals surface area contributed by atoms with Crippen molar-refractivity contribution in [3.05, 3.63) is 0 Å². The van der Waals surface area contributed by atoms with E-state index in [0.29, 0.717) is 13.0 Å². The van der Waals surface area contributed by atoms with Gasteiger partial charge in [-0.25, -0.2) is 8.78 Å². The molecule has 0 bridgehead atoms. The minimum Gasteiger partial charge on any atom is -0.468 e. The van der Waals surface area contributed by atoms with Crippen molar-refractivity contribution in [2.45, 2.75) is 24.3 Å². The Morgan fingerprint density at radius 1 is 1.54 bits per heavy atom. The smallest absolute Gasteiger partial charge is 0.326 e. The van der Waals surface area contributed by atoms with Gasteiger partial charge in [0.15, 0.2) is 0 Å². The number of methoxy groups -OCH3 is 1. The van der Waals surface area contributed by atoms with Crippen molar-refractivity contribution in [2.24, 2.45) is 0 Å². The summed E-state index contributed by atoms with van der Waals surface area (Å²) in [6.45, 7) is 0.271. The Kier molecular flexibility index (Phi) is 1.64. The SMILES string of the molecule is COC(=O)C12CCN1CC(F)(F)C2. The Labute approximate surface area is 74.6 Å². The van der Waals surface area contributed by atoms with E-state index in [0.717, 1.165) is 0 Å². The zero-order valence-electron chi connectivity index (χ0n) is 7.35. The van der Waals surface area contributed by atoms with Crippen LogP contribution in [0.2, 0.25) is 0 Å². The average molecular weight is 191 g/mol. The highest BCUT2D eigenvalue weighted by Crippen LogP contribution is 2.47. The van der Waals surface area contributed by atoms with Crippen molar-refractivity contribution in [3.8, 4) is 0 Å². The van der Waals surface area contributed by atoms with E-state index in [4.69, 9.17) is 0 Å². The Hall–Kier alpha value is -0.710. The second-order valence-electron chi connectivity index (χ2n) is 3.73. The third-order valence-electron chi connectivity index (χ3n) is 2.94. The molecular formula is C8H11F2NO2. The molecular weight excluding hydrogens is 180 g/mol. The van der Waals surface area contributed by atoms with Gasteiger partial charge in [0.05, 0.1) is 13.7 Å². The maximum absolute atomic E-state index is 13.0. The van der Waals surface area contributed by atoms with Crippen molar-refractivity contribution in [1.29, 1.82) is 0 Å². The van der Waals surface area contributed by atoms with Gasteiger partial charge in [-0.05, 0) is 6.42 Å². The molecule has 5 heteroatoms. The molecule has 2 aliphatic rings. The molecule has 1 atom stereocenters. The van der Waals surface area contributed by atoms with Crippen molar-refractivity contribution >= 4 is 5.97 Å². The fourth-order valence-electron chi connectivity index (χ4n) is 2.23. The van der Waals surface area contributed by atoms with Gasteiger partial charge in [-0.15, -0.1) is 0 Å². The average Bonchev–Trinajstić information content (AvgIpc) is 2.24. The first kappa shape index (κ1) is 8.87. The zero-order valence-corrected chi connectivity index (χ0v) is 7.35. The van der Waals surface area contributed by atoms with Crippen LogP contribution in [0, 0.1) is 0 Å². The normalized spacial score (nSPS) is 36.5. The molecule has 0 saturated carbocycles. The number of esters is 1. The van der Waals surface area contributed by atoms with Gasteiger partial charge in [0.1, 0.15) is 5.54 Å². The summed E-state index contributed by atoms with van der Waals surface area (Å²) in [5.41, 5.74) is -1.00. The van der Waals surface area contributed by atoms with Gasteiger partial charge in [0, 0.05) is 13.0 Å². The lowest BCUT2D eigenvalue weighted by atomic mass is 9.85. The van der Waals surface area contributed by atoms with Gasteiger partial charge >= 0.3 is 5.97 Å². The fourth-order valence-corrected chi connectivity index (χ4v) is 2.23. The molecule has 13 heavy (non-hydrogen) atoms. The molecule has 74 valence electrons. The van der Waals surface area contributed by atoms with E-state index in [9.17, 15) is 13.6 Å². The Morgan fingerprint density at radius 3 is 2.62 bits per heavy atom. The number of carbonyl (C=O) groups is 1. The number of hydrogen-bond donors (Lipinski definition) is 0. The van der Waals surface area contributed by atoms with Gasteiger partial charge < -0.3 is 4.74 Å². The lowest BCUT2D eigenvalue weighted by Gasteiger charge is -2.44. The number of nitrogens with zero attached hydrogens (tertiary/aromatic N) is 1. The lowest BCUT2D eigenvalue weighted by molar-refractivity contribution is -0.161. The monoisotopic (exact) mass is 191 g/mol. The summed E-state index contributed by atoms with van der Waals surface area (Å²) in [5.74, 6) is -3.25.